The number of carbonyl (C=O) groups is 1. The summed E-state index contributed by atoms with van der Waals surface area (Å²) >= 11 is 0. The second-order valence-corrected chi connectivity index (χ2v) is 5.48. The molecular weight excluding hydrogens is 266 g/mol. The van der Waals surface area contributed by atoms with Gasteiger partial charge in [-0.05, 0) is 56.4 Å². The lowest BCUT2D eigenvalue weighted by Gasteiger charge is -2.22. The molecule has 0 N–H and O–H groups in total. The SMILES string of the molecule is CCCN(CC1CC1)C(=O)COc1ccc(OCC)cc1. The van der Waals surface area contributed by atoms with Crippen LogP contribution in [0.4, 0.5) is 0 Å². The Morgan fingerprint density at radius 3 is 2.29 bits per heavy atom. The van der Waals surface area contributed by atoms with Crippen molar-refractivity contribution in [3.05, 3.63) is 24.3 Å². The van der Waals surface area contributed by atoms with Crippen molar-refractivity contribution in [2.45, 2.75) is 33.1 Å². The Kier molecular flexibility index (Phi) is 5.90. The van der Waals surface area contributed by atoms with Gasteiger partial charge in [0.2, 0.25) is 0 Å². The molecule has 0 bridgehead atoms. The predicted octanol–water partition coefficient (Wildman–Crippen LogP) is 3.11. The van der Waals surface area contributed by atoms with Gasteiger partial charge in [-0.3, -0.25) is 4.79 Å². The van der Waals surface area contributed by atoms with Crippen LogP contribution >= 0.6 is 0 Å². The molecule has 1 aliphatic carbocycles. The molecule has 1 amide bonds. The maximum absolute atomic E-state index is 12.2. The van der Waals surface area contributed by atoms with E-state index in [0.29, 0.717) is 18.3 Å². The normalized spacial score (nSPS) is 13.8. The number of nitrogens with zero attached hydrogens (tertiary/aromatic N) is 1. The molecule has 21 heavy (non-hydrogen) atoms. The van der Waals surface area contributed by atoms with E-state index in [-0.39, 0.29) is 12.5 Å². The number of carbonyl (C=O) groups excluding carboxylic acids is 1. The first-order valence-corrected chi connectivity index (χ1v) is 7.86. The van der Waals surface area contributed by atoms with E-state index in [2.05, 4.69) is 6.92 Å². The summed E-state index contributed by atoms with van der Waals surface area (Å²) in [5.74, 6) is 2.32. The quantitative estimate of drug-likeness (QED) is 0.701. The van der Waals surface area contributed by atoms with Crippen LogP contribution in [0.1, 0.15) is 33.1 Å². The van der Waals surface area contributed by atoms with E-state index in [4.69, 9.17) is 9.47 Å². The second-order valence-electron chi connectivity index (χ2n) is 5.48. The molecule has 116 valence electrons. The highest BCUT2D eigenvalue weighted by Gasteiger charge is 2.26. The van der Waals surface area contributed by atoms with Crippen LogP contribution in [0, 0.1) is 5.92 Å². The molecule has 0 heterocycles. The number of rotatable bonds is 9. The van der Waals surface area contributed by atoms with E-state index in [1.807, 2.05) is 36.1 Å². The second kappa shape index (κ2) is 7.91. The molecule has 1 aromatic rings. The summed E-state index contributed by atoms with van der Waals surface area (Å²) in [6, 6.07) is 7.39. The van der Waals surface area contributed by atoms with Crippen molar-refractivity contribution < 1.29 is 14.3 Å². The molecule has 2 rings (SSSR count). The molecule has 1 aliphatic rings. The molecule has 1 aromatic carbocycles. The van der Waals surface area contributed by atoms with Gasteiger partial charge >= 0.3 is 0 Å². The van der Waals surface area contributed by atoms with Gasteiger partial charge in [-0.25, -0.2) is 0 Å². The minimum absolute atomic E-state index is 0.0811. The number of hydrogen-bond acceptors (Lipinski definition) is 3. The first kappa shape index (κ1) is 15.7. The van der Waals surface area contributed by atoms with E-state index in [0.717, 1.165) is 25.3 Å². The zero-order chi connectivity index (χ0) is 15.1. The Bertz CT molecular complexity index is 440. The zero-order valence-electron chi connectivity index (χ0n) is 13.0. The van der Waals surface area contributed by atoms with Crippen LogP contribution in [0.5, 0.6) is 11.5 Å². The van der Waals surface area contributed by atoms with Crippen molar-refractivity contribution in [2.75, 3.05) is 26.3 Å². The van der Waals surface area contributed by atoms with Crippen LogP contribution in [-0.4, -0.2) is 37.1 Å². The predicted molar refractivity (Wildman–Crippen MR) is 82.7 cm³/mol. The first-order chi connectivity index (χ1) is 10.2. The third-order valence-corrected chi connectivity index (χ3v) is 3.52. The van der Waals surface area contributed by atoms with Gasteiger partial charge in [0.15, 0.2) is 6.61 Å². The lowest BCUT2D eigenvalue weighted by molar-refractivity contribution is -0.133. The first-order valence-electron chi connectivity index (χ1n) is 7.86. The van der Waals surface area contributed by atoms with Crippen molar-refractivity contribution in [1.29, 1.82) is 0 Å². The van der Waals surface area contributed by atoms with Gasteiger partial charge in [-0.2, -0.15) is 0 Å². The summed E-state index contributed by atoms with van der Waals surface area (Å²) < 4.78 is 11.0. The summed E-state index contributed by atoms with van der Waals surface area (Å²) in [5, 5.41) is 0. The standard InChI is InChI=1S/C17H25NO3/c1-3-11-18(12-14-5-6-14)17(19)13-21-16-9-7-15(8-10-16)20-4-2/h7-10,14H,3-6,11-13H2,1-2H3. The lowest BCUT2D eigenvalue weighted by atomic mass is 10.3. The summed E-state index contributed by atoms with van der Waals surface area (Å²) in [6.45, 7) is 6.51. The summed E-state index contributed by atoms with van der Waals surface area (Å²) in [5.41, 5.74) is 0. The fraction of sp³-hybridized carbons (Fsp3) is 0.588. The van der Waals surface area contributed by atoms with Crippen LogP contribution in [0.2, 0.25) is 0 Å². The summed E-state index contributed by atoms with van der Waals surface area (Å²) in [4.78, 5) is 14.2. The third-order valence-electron chi connectivity index (χ3n) is 3.52. The molecule has 0 radical (unpaired) electrons. The van der Waals surface area contributed by atoms with Crippen LogP contribution < -0.4 is 9.47 Å². The zero-order valence-corrected chi connectivity index (χ0v) is 13.0. The topological polar surface area (TPSA) is 38.8 Å². The largest absolute Gasteiger partial charge is 0.494 e. The van der Waals surface area contributed by atoms with E-state index >= 15 is 0 Å². The molecule has 0 aromatic heterocycles. The minimum atomic E-state index is 0.0811. The Labute approximate surface area is 127 Å². The van der Waals surface area contributed by atoms with Gasteiger partial charge in [0, 0.05) is 13.1 Å². The summed E-state index contributed by atoms with van der Waals surface area (Å²) in [7, 11) is 0. The fourth-order valence-electron chi connectivity index (χ4n) is 2.23. The number of ether oxygens (including phenoxy) is 2. The molecule has 0 saturated heterocycles. The molecule has 0 spiro atoms. The van der Waals surface area contributed by atoms with Crippen molar-refractivity contribution in [3.63, 3.8) is 0 Å². The van der Waals surface area contributed by atoms with Crippen LogP contribution in [0.15, 0.2) is 24.3 Å². The third kappa shape index (κ3) is 5.29. The van der Waals surface area contributed by atoms with E-state index in [1.165, 1.54) is 12.8 Å². The Hall–Kier alpha value is -1.71. The number of benzene rings is 1. The maximum Gasteiger partial charge on any atom is 0.260 e. The molecule has 1 saturated carbocycles. The molecular formula is C17H25NO3. The Morgan fingerprint density at radius 2 is 1.76 bits per heavy atom. The Morgan fingerprint density at radius 1 is 1.14 bits per heavy atom. The van der Waals surface area contributed by atoms with Gasteiger partial charge < -0.3 is 14.4 Å². The van der Waals surface area contributed by atoms with Gasteiger partial charge in [0.1, 0.15) is 11.5 Å². The Balaban J connectivity index is 1.80. The molecule has 1 fully saturated rings. The molecule has 4 nitrogen and oxygen atoms in total. The van der Waals surface area contributed by atoms with E-state index in [9.17, 15) is 4.79 Å². The monoisotopic (exact) mass is 291 g/mol. The number of amides is 1. The van der Waals surface area contributed by atoms with Gasteiger partial charge in [0.05, 0.1) is 6.61 Å². The van der Waals surface area contributed by atoms with Gasteiger partial charge in [0.25, 0.3) is 5.91 Å². The highest BCUT2D eigenvalue weighted by atomic mass is 16.5. The van der Waals surface area contributed by atoms with Gasteiger partial charge in [-0.15, -0.1) is 0 Å². The van der Waals surface area contributed by atoms with Crippen molar-refractivity contribution >= 4 is 5.91 Å². The molecule has 0 unspecified atom stereocenters. The maximum atomic E-state index is 12.2. The number of hydrogen-bond donors (Lipinski definition) is 0. The van der Waals surface area contributed by atoms with Crippen molar-refractivity contribution in [3.8, 4) is 11.5 Å². The average molecular weight is 291 g/mol. The summed E-state index contributed by atoms with van der Waals surface area (Å²) in [6.07, 6.45) is 3.50. The molecule has 0 aliphatic heterocycles. The highest BCUT2D eigenvalue weighted by molar-refractivity contribution is 5.77. The van der Waals surface area contributed by atoms with Gasteiger partial charge in [-0.1, -0.05) is 6.92 Å². The van der Waals surface area contributed by atoms with Crippen LogP contribution in [-0.2, 0) is 4.79 Å². The van der Waals surface area contributed by atoms with Crippen LogP contribution in [0.25, 0.3) is 0 Å². The van der Waals surface area contributed by atoms with Crippen molar-refractivity contribution in [1.82, 2.24) is 4.90 Å². The average Bonchev–Trinajstić information content (AvgIpc) is 3.30. The lowest BCUT2D eigenvalue weighted by Crippen LogP contribution is -2.37. The smallest absolute Gasteiger partial charge is 0.260 e. The molecule has 0 atom stereocenters. The van der Waals surface area contributed by atoms with Crippen molar-refractivity contribution in [2.24, 2.45) is 5.92 Å². The molecule has 4 heteroatoms. The minimum Gasteiger partial charge on any atom is -0.494 e. The van der Waals surface area contributed by atoms with Crippen LogP contribution in [0.3, 0.4) is 0 Å². The van der Waals surface area contributed by atoms with E-state index < -0.39 is 0 Å². The van der Waals surface area contributed by atoms with E-state index in [1.54, 1.807) is 0 Å². The fourth-order valence-corrected chi connectivity index (χ4v) is 2.23. The highest BCUT2D eigenvalue weighted by Crippen LogP contribution is 2.29.